The van der Waals surface area contributed by atoms with E-state index in [4.69, 9.17) is 5.11 Å². The van der Waals surface area contributed by atoms with Crippen molar-refractivity contribution >= 4 is 17.9 Å². The van der Waals surface area contributed by atoms with Crippen molar-refractivity contribution in [3.63, 3.8) is 0 Å². The topological polar surface area (TPSA) is 258 Å². The number of nitrogens with one attached hydrogen (secondary N) is 1. The fourth-order valence-electron chi connectivity index (χ4n) is 4.25. The highest BCUT2D eigenvalue weighted by Crippen LogP contribution is 2.05. The summed E-state index contributed by atoms with van der Waals surface area (Å²) in [4.78, 5) is 40.8. The number of carbonyl (C=O) groups is 3. The summed E-state index contributed by atoms with van der Waals surface area (Å²) in [5, 5.41) is 89.0. The van der Waals surface area contributed by atoms with E-state index in [9.17, 15) is 55.2 Å². The number of hydrogen-bond acceptors (Lipinski definition) is 14. The van der Waals surface area contributed by atoms with E-state index in [1.807, 2.05) is 4.90 Å². The summed E-state index contributed by atoms with van der Waals surface area (Å²) in [5.74, 6) is -3.13. The fourth-order valence-corrected chi connectivity index (χ4v) is 4.25. The van der Waals surface area contributed by atoms with Gasteiger partial charge in [0.1, 0.15) is 18.3 Å². The first-order valence-electron chi connectivity index (χ1n) is 13.1. The van der Waals surface area contributed by atoms with E-state index in [1.165, 1.54) is 0 Å². The Labute approximate surface area is 232 Å². The molecule has 1 aliphatic heterocycles. The van der Waals surface area contributed by atoms with Crippen molar-refractivity contribution in [3.8, 4) is 0 Å². The second-order valence-corrected chi connectivity index (χ2v) is 9.92. The van der Waals surface area contributed by atoms with Gasteiger partial charge in [0.2, 0.25) is 0 Å². The van der Waals surface area contributed by atoms with Crippen LogP contribution in [0.4, 0.5) is 0 Å². The van der Waals surface area contributed by atoms with Gasteiger partial charge in [0.15, 0.2) is 0 Å². The highest BCUT2D eigenvalue weighted by molar-refractivity contribution is 5.69. The first-order valence-corrected chi connectivity index (χ1v) is 13.1. The van der Waals surface area contributed by atoms with Crippen molar-refractivity contribution < 1.29 is 60.3 Å². The SMILES string of the molecule is O=C(O)CN1CCN(CC(=O)O)CCN(CC(O)CNC[C@H](O)[C@@H](O)[C@H](O)[C@H](O)CO)CCN(CC(=O)O)CC1. The third kappa shape index (κ3) is 15.1. The van der Waals surface area contributed by atoms with E-state index in [0.717, 1.165) is 0 Å². The first-order chi connectivity index (χ1) is 18.8. The highest BCUT2D eigenvalue weighted by atomic mass is 16.4. The lowest BCUT2D eigenvalue weighted by Gasteiger charge is -2.33. The normalized spacial score (nSPS) is 21.4. The average Bonchev–Trinajstić information content (AvgIpc) is 2.87. The summed E-state index contributed by atoms with van der Waals surface area (Å²) < 4.78 is 0. The number of hydrogen-bond donors (Lipinski definition) is 10. The van der Waals surface area contributed by atoms with Crippen molar-refractivity contribution in [2.45, 2.75) is 30.5 Å². The number of aliphatic carboxylic acids is 3. The van der Waals surface area contributed by atoms with Gasteiger partial charge in [-0.25, -0.2) is 0 Å². The second-order valence-electron chi connectivity index (χ2n) is 9.92. The van der Waals surface area contributed by atoms with Crippen molar-refractivity contribution in [3.05, 3.63) is 0 Å². The number of rotatable bonds is 16. The van der Waals surface area contributed by atoms with Crippen LogP contribution in [0, 0.1) is 0 Å². The van der Waals surface area contributed by atoms with Crippen molar-refractivity contribution in [2.75, 3.05) is 98.2 Å². The molecule has 1 unspecified atom stereocenters. The molecule has 0 spiro atoms. The van der Waals surface area contributed by atoms with Gasteiger partial charge in [0.05, 0.1) is 38.4 Å². The molecule has 0 aliphatic carbocycles. The summed E-state index contributed by atoms with van der Waals surface area (Å²) in [6, 6.07) is 0. The van der Waals surface area contributed by atoms with E-state index >= 15 is 0 Å². The minimum absolute atomic E-state index is 0.0270. The molecule has 1 heterocycles. The Kier molecular flexibility index (Phi) is 17.2. The number of aliphatic hydroxyl groups is 6. The van der Waals surface area contributed by atoms with Gasteiger partial charge in [-0.15, -0.1) is 0 Å². The summed E-state index contributed by atoms with van der Waals surface area (Å²) in [6.07, 6.45) is -7.62. The predicted molar refractivity (Wildman–Crippen MR) is 139 cm³/mol. The summed E-state index contributed by atoms with van der Waals surface area (Å²) in [6.45, 7) is 0.586. The smallest absolute Gasteiger partial charge is 0.317 e. The Balaban J connectivity index is 2.81. The number of carboxylic acid groups (broad SMARTS) is 3. The van der Waals surface area contributed by atoms with Crippen LogP contribution < -0.4 is 5.32 Å². The van der Waals surface area contributed by atoms with Crippen LogP contribution in [-0.4, -0.2) is 212 Å². The molecule has 1 fully saturated rings. The van der Waals surface area contributed by atoms with E-state index in [-0.39, 0.29) is 65.4 Å². The van der Waals surface area contributed by atoms with E-state index in [2.05, 4.69) is 5.32 Å². The molecule has 0 amide bonds. The van der Waals surface area contributed by atoms with Crippen LogP contribution in [0.3, 0.4) is 0 Å². The number of β-amino-alcohol motifs (C(OH)–C–C–N with tert-alkyl or cyclic N) is 1. The van der Waals surface area contributed by atoms with Gasteiger partial charge in [-0.05, 0) is 0 Å². The first kappa shape index (κ1) is 36.0. The third-order valence-electron chi connectivity index (χ3n) is 6.53. The van der Waals surface area contributed by atoms with E-state index < -0.39 is 55.0 Å². The van der Waals surface area contributed by atoms with Gasteiger partial charge < -0.3 is 51.3 Å². The monoisotopic (exact) mass is 583 g/mol. The van der Waals surface area contributed by atoms with Crippen LogP contribution >= 0.6 is 0 Å². The average molecular weight is 584 g/mol. The van der Waals surface area contributed by atoms with Crippen LogP contribution in [0.5, 0.6) is 0 Å². The second kappa shape index (κ2) is 19.2. The van der Waals surface area contributed by atoms with Crippen molar-refractivity contribution in [2.24, 2.45) is 0 Å². The lowest BCUT2D eigenvalue weighted by Crippen LogP contribution is -2.51. The Morgan fingerprint density at radius 1 is 0.575 bits per heavy atom. The Hall–Kier alpha value is -2.03. The molecule has 1 rings (SSSR count). The standard InChI is InChI=1S/C23H45N5O12/c29-15-18(32)23(40)22(39)17(31)10-24-9-16(30)11-25-1-3-26(12-19(33)34)5-7-28(14-21(37)38)8-6-27(4-2-25)13-20(35)36/h16-18,22-24,29-32,39-40H,1-15H2,(H,33,34)(H,35,36)(H,37,38)/t16?,17-,18+,22+,23+/m0/s1. The Bertz CT molecular complexity index is 734. The molecule has 0 radical (unpaired) electrons. The molecule has 0 aromatic heterocycles. The molecule has 1 saturated heterocycles. The largest absolute Gasteiger partial charge is 0.480 e. The molecule has 5 atom stereocenters. The lowest BCUT2D eigenvalue weighted by atomic mass is 10.0. The van der Waals surface area contributed by atoms with Crippen molar-refractivity contribution in [1.29, 1.82) is 0 Å². The molecule has 0 aromatic carbocycles. The maximum Gasteiger partial charge on any atom is 0.317 e. The quantitative estimate of drug-likeness (QED) is 0.0810. The summed E-state index contributed by atoms with van der Waals surface area (Å²) >= 11 is 0. The fraction of sp³-hybridized carbons (Fsp3) is 0.870. The van der Waals surface area contributed by atoms with Crippen LogP contribution in [0.2, 0.25) is 0 Å². The summed E-state index contributed by atoms with van der Waals surface area (Å²) in [5.41, 5.74) is 0. The minimum atomic E-state index is -1.77. The molecule has 17 nitrogen and oxygen atoms in total. The number of nitrogens with zero attached hydrogens (tertiary/aromatic N) is 4. The number of carboxylic acids is 3. The minimum Gasteiger partial charge on any atom is -0.480 e. The van der Waals surface area contributed by atoms with Crippen LogP contribution in [0.25, 0.3) is 0 Å². The maximum atomic E-state index is 11.4. The van der Waals surface area contributed by atoms with E-state index in [1.54, 1.807) is 14.7 Å². The molecule has 10 N–H and O–H groups in total. The van der Waals surface area contributed by atoms with Gasteiger partial charge in [-0.2, -0.15) is 0 Å². The molecule has 234 valence electrons. The lowest BCUT2D eigenvalue weighted by molar-refractivity contribution is -0.140. The van der Waals surface area contributed by atoms with Gasteiger partial charge in [0.25, 0.3) is 0 Å². The Morgan fingerprint density at radius 3 is 1.27 bits per heavy atom. The molecule has 0 bridgehead atoms. The van der Waals surface area contributed by atoms with Gasteiger partial charge in [-0.1, -0.05) is 0 Å². The highest BCUT2D eigenvalue weighted by Gasteiger charge is 2.30. The molecule has 0 aromatic rings. The van der Waals surface area contributed by atoms with Crippen LogP contribution in [-0.2, 0) is 14.4 Å². The molecular weight excluding hydrogens is 538 g/mol. The Morgan fingerprint density at radius 2 is 0.925 bits per heavy atom. The van der Waals surface area contributed by atoms with Crippen LogP contribution in [0.15, 0.2) is 0 Å². The van der Waals surface area contributed by atoms with Crippen molar-refractivity contribution in [1.82, 2.24) is 24.9 Å². The maximum absolute atomic E-state index is 11.4. The van der Waals surface area contributed by atoms with E-state index in [0.29, 0.717) is 26.2 Å². The summed E-state index contributed by atoms with van der Waals surface area (Å²) in [7, 11) is 0. The zero-order chi connectivity index (χ0) is 30.2. The number of aliphatic hydroxyl groups excluding tert-OH is 6. The molecule has 1 aliphatic rings. The van der Waals surface area contributed by atoms with Crippen LogP contribution in [0.1, 0.15) is 0 Å². The molecule has 0 saturated carbocycles. The van der Waals surface area contributed by atoms with Gasteiger partial charge >= 0.3 is 17.9 Å². The van der Waals surface area contributed by atoms with Gasteiger partial charge in [0, 0.05) is 72.0 Å². The molecule has 40 heavy (non-hydrogen) atoms. The van der Waals surface area contributed by atoms with Gasteiger partial charge in [-0.3, -0.25) is 34.0 Å². The zero-order valence-corrected chi connectivity index (χ0v) is 22.5. The predicted octanol–water partition coefficient (Wildman–Crippen LogP) is -6.15. The molecular formula is C23H45N5O12. The third-order valence-corrected chi connectivity index (χ3v) is 6.53. The zero-order valence-electron chi connectivity index (χ0n) is 22.5. The molecule has 17 heteroatoms.